The van der Waals surface area contributed by atoms with Crippen molar-refractivity contribution < 1.29 is 0 Å². The third kappa shape index (κ3) is 3.47. The van der Waals surface area contributed by atoms with Crippen LogP contribution in [0.2, 0.25) is 0 Å². The number of hydrogen-bond acceptors (Lipinski definition) is 3. The fourth-order valence-corrected chi connectivity index (χ4v) is 2.18. The normalized spacial score (nSPS) is 10.4. The Morgan fingerprint density at radius 3 is 2.53 bits per heavy atom. The monoisotopic (exact) mass is 255 g/mol. The smallest absolute Gasteiger partial charge is 0.131 e. The third-order valence-electron chi connectivity index (χ3n) is 3.13. The highest BCUT2D eigenvalue weighted by molar-refractivity contribution is 5.47. The van der Waals surface area contributed by atoms with E-state index < -0.39 is 0 Å². The van der Waals surface area contributed by atoms with Crippen LogP contribution >= 0.6 is 0 Å². The molecule has 0 saturated carbocycles. The van der Waals surface area contributed by atoms with Gasteiger partial charge in [-0.2, -0.15) is 0 Å². The first kappa shape index (κ1) is 13.4. The van der Waals surface area contributed by atoms with Gasteiger partial charge in [-0.3, -0.25) is 0 Å². The highest BCUT2D eigenvalue weighted by Crippen LogP contribution is 2.19. The zero-order chi connectivity index (χ0) is 13.7. The number of aryl methyl sites for hydroxylation is 1. The number of anilines is 2. The number of benzene rings is 1. The Morgan fingerprint density at radius 1 is 1.16 bits per heavy atom. The predicted molar refractivity (Wildman–Crippen MR) is 81.2 cm³/mol. The van der Waals surface area contributed by atoms with Crippen molar-refractivity contribution in [2.75, 3.05) is 17.2 Å². The van der Waals surface area contributed by atoms with E-state index in [1.807, 2.05) is 24.4 Å². The van der Waals surface area contributed by atoms with Crippen LogP contribution in [0.4, 0.5) is 11.5 Å². The van der Waals surface area contributed by atoms with E-state index in [4.69, 9.17) is 5.73 Å². The molecule has 1 aromatic carbocycles. The summed E-state index contributed by atoms with van der Waals surface area (Å²) >= 11 is 0. The minimum atomic E-state index is 0.805. The molecule has 0 saturated heterocycles. The molecule has 0 aliphatic carbocycles. The minimum Gasteiger partial charge on any atom is -0.399 e. The second kappa shape index (κ2) is 6.23. The van der Waals surface area contributed by atoms with E-state index in [1.165, 1.54) is 11.1 Å². The zero-order valence-corrected chi connectivity index (χ0v) is 11.6. The summed E-state index contributed by atoms with van der Waals surface area (Å²) < 4.78 is 0. The summed E-state index contributed by atoms with van der Waals surface area (Å²) in [7, 11) is 0. The standard InChI is InChI=1S/C16H21N3/c1-3-11-19(16-13(2)5-4-10-18-16)12-14-6-8-15(17)9-7-14/h4-10H,3,11-12,17H2,1-2H3. The van der Waals surface area contributed by atoms with Gasteiger partial charge in [-0.15, -0.1) is 0 Å². The summed E-state index contributed by atoms with van der Waals surface area (Å²) in [6.45, 7) is 6.16. The quantitative estimate of drug-likeness (QED) is 0.833. The molecule has 2 N–H and O–H groups in total. The summed E-state index contributed by atoms with van der Waals surface area (Å²) in [4.78, 5) is 6.83. The number of nitrogens with two attached hydrogens (primary N) is 1. The molecule has 0 aliphatic rings. The molecule has 2 rings (SSSR count). The molecule has 3 heteroatoms. The van der Waals surface area contributed by atoms with Crippen molar-refractivity contribution in [3.63, 3.8) is 0 Å². The van der Waals surface area contributed by atoms with Crippen LogP contribution in [0.15, 0.2) is 42.6 Å². The molecule has 1 aromatic heterocycles. The third-order valence-corrected chi connectivity index (χ3v) is 3.13. The second-order valence-electron chi connectivity index (χ2n) is 4.81. The zero-order valence-electron chi connectivity index (χ0n) is 11.6. The van der Waals surface area contributed by atoms with E-state index in [0.29, 0.717) is 0 Å². The Labute approximate surface area is 115 Å². The fraction of sp³-hybridized carbons (Fsp3) is 0.312. The SMILES string of the molecule is CCCN(Cc1ccc(N)cc1)c1ncccc1C. The van der Waals surface area contributed by atoms with Gasteiger partial charge in [0.15, 0.2) is 0 Å². The van der Waals surface area contributed by atoms with Crippen molar-refractivity contribution in [2.45, 2.75) is 26.8 Å². The summed E-state index contributed by atoms with van der Waals surface area (Å²) in [6, 6.07) is 12.1. The second-order valence-corrected chi connectivity index (χ2v) is 4.81. The molecule has 100 valence electrons. The Bertz CT molecular complexity index is 520. The number of pyridine rings is 1. The Morgan fingerprint density at radius 2 is 1.89 bits per heavy atom. The van der Waals surface area contributed by atoms with Gasteiger partial charge < -0.3 is 10.6 Å². The van der Waals surface area contributed by atoms with Crippen molar-refractivity contribution in [1.29, 1.82) is 0 Å². The lowest BCUT2D eigenvalue weighted by Gasteiger charge is -2.24. The van der Waals surface area contributed by atoms with Gasteiger partial charge in [-0.25, -0.2) is 4.98 Å². The molecular formula is C16H21N3. The molecular weight excluding hydrogens is 234 g/mol. The van der Waals surface area contributed by atoms with Crippen LogP contribution in [0.5, 0.6) is 0 Å². The molecule has 0 unspecified atom stereocenters. The molecule has 0 fully saturated rings. The van der Waals surface area contributed by atoms with Crippen molar-refractivity contribution >= 4 is 11.5 Å². The van der Waals surface area contributed by atoms with Crippen molar-refractivity contribution in [1.82, 2.24) is 4.98 Å². The first-order valence-corrected chi connectivity index (χ1v) is 6.71. The molecule has 0 amide bonds. The predicted octanol–water partition coefficient (Wildman–Crippen LogP) is 3.39. The Hall–Kier alpha value is -2.03. The van der Waals surface area contributed by atoms with Gasteiger partial charge in [0, 0.05) is 25.0 Å². The van der Waals surface area contributed by atoms with E-state index in [0.717, 1.165) is 31.0 Å². The summed E-state index contributed by atoms with van der Waals surface area (Å²) in [5.74, 6) is 1.07. The average molecular weight is 255 g/mol. The largest absolute Gasteiger partial charge is 0.399 e. The highest BCUT2D eigenvalue weighted by Gasteiger charge is 2.10. The van der Waals surface area contributed by atoms with Gasteiger partial charge in [0.25, 0.3) is 0 Å². The lowest BCUT2D eigenvalue weighted by Crippen LogP contribution is -2.25. The van der Waals surface area contributed by atoms with Crippen LogP contribution in [-0.2, 0) is 6.54 Å². The first-order valence-electron chi connectivity index (χ1n) is 6.71. The molecule has 0 radical (unpaired) electrons. The lowest BCUT2D eigenvalue weighted by molar-refractivity contribution is 0.751. The molecule has 2 aromatic rings. The van der Waals surface area contributed by atoms with Crippen LogP contribution in [0.3, 0.4) is 0 Å². The number of nitrogens with zero attached hydrogens (tertiary/aromatic N) is 2. The molecule has 19 heavy (non-hydrogen) atoms. The minimum absolute atomic E-state index is 0.805. The van der Waals surface area contributed by atoms with E-state index in [1.54, 1.807) is 0 Å². The first-order chi connectivity index (χ1) is 9.20. The van der Waals surface area contributed by atoms with Gasteiger partial charge in [-0.1, -0.05) is 25.1 Å². The topological polar surface area (TPSA) is 42.1 Å². The lowest BCUT2D eigenvalue weighted by atomic mass is 10.1. The van der Waals surface area contributed by atoms with Gasteiger partial charge >= 0.3 is 0 Å². The maximum absolute atomic E-state index is 5.73. The number of nitrogen functional groups attached to an aromatic ring is 1. The Balaban J connectivity index is 2.21. The van der Waals surface area contributed by atoms with Crippen molar-refractivity contribution in [3.8, 4) is 0 Å². The van der Waals surface area contributed by atoms with Crippen molar-refractivity contribution in [3.05, 3.63) is 53.7 Å². The fourth-order valence-electron chi connectivity index (χ4n) is 2.18. The van der Waals surface area contributed by atoms with Crippen LogP contribution in [0.1, 0.15) is 24.5 Å². The molecule has 0 aliphatic heterocycles. The van der Waals surface area contributed by atoms with Crippen molar-refractivity contribution in [2.24, 2.45) is 0 Å². The molecule has 0 spiro atoms. The van der Waals surface area contributed by atoms with E-state index in [-0.39, 0.29) is 0 Å². The van der Waals surface area contributed by atoms with Gasteiger partial charge in [-0.05, 0) is 42.7 Å². The van der Waals surface area contributed by atoms with E-state index >= 15 is 0 Å². The number of hydrogen-bond donors (Lipinski definition) is 1. The number of aromatic nitrogens is 1. The molecule has 0 bridgehead atoms. The molecule has 1 heterocycles. The summed E-state index contributed by atoms with van der Waals surface area (Å²) in [5.41, 5.74) is 9.00. The Kier molecular flexibility index (Phi) is 4.39. The average Bonchev–Trinajstić information content (AvgIpc) is 2.41. The maximum Gasteiger partial charge on any atom is 0.131 e. The maximum atomic E-state index is 5.73. The van der Waals surface area contributed by atoms with Crippen LogP contribution < -0.4 is 10.6 Å². The van der Waals surface area contributed by atoms with Gasteiger partial charge in [0.1, 0.15) is 5.82 Å². The van der Waals surface area contributed by atoms with Crippen LogP contribution in [-0.4, -0.2) is 11.5 Å². The summed E-state index contributed by atoms with van der Waals surface area (Å²) in [6.07, 6.45) is 2.96. The number of rotatable bonds is 5. The highest BCUT2D eigenvalue weighted by atomic mass is 15.2. The van der Waals surface area contributed by atoms with Crippen LogP contribution in [0, 0.1) is 6.92 Å². The van der Waals surface area contributed by atoms with Gasteiger partial charge in [0.2, 0.25) is 0 Å². The van der Waals surface area contributed by atoms with Gasteiger partial charge in [0.05, 0.1) is 0 Å². The molecule has 0 atom stereocenters. The summed E-state index contributed by atoms with van der Waals surface area (Å²) in [5, 5.41) is 0. The van der Waals surface area contributed by atoms with Crippen LogP contribution in [0.25, 0.3) is 0 Å². The molecule has 3 nitrogen and oxygen atoms in total. The van der Waals surface area contributed by atoms with E-state index in [9.17, 15) is 0 Å². The van der Waals surface area contributed by atoms with E-state index in [2.05, 4.69) is 41.9 Å².